The molecule has 0 aliphatic carbocycles. The van der Waals surface area contributed by atoms with Crippen LogP contribution in [0.1, 0.15) is 5.69 Å². The summed E-state index contributed by atoms with van der Waals surface area (Å²) in [5, 5.41) is 4.22. The fourth-order valence-corrected chi connectivity index (χ4v) is 1.88. The molecule has 104 valence electrons. The lowest BCUT2D eigenvalue weighted by molar-refractivity contribution is 0.190. The first-order valence-corrected chi connectivity index (χ1v) is 6.16. The van der Waals surface area contributed by atoms with E-state index in [0.717, 1.165) is 24.6 Å². The van der Waals surface area contributed by atoms with Gasteiger partial charge in [0.25, 0.3) is 5.78 Å². The molecule has 0 amide bonds. The maximum absolute atomic E-state index is 5.15. The number of fused-ring (bicyclic) bond motifs is 1. The monoisotopic (exact) mass is 265 g/mol. The largest absolute Gasteiger partial charge is 0.383 e. The standard InChI is InChI=1S/C12H19N5O2/c1-10-8-11(17-12(15-10)13-9-14-17)16(4-6-18-2)5-7-19-3/h8-9H,4-7H2,1-3H3. The zero-order valence-corrected chi connectivity index (χ0v) is 11.5. The number of anilines is 1. The SMILES string of the molecule is COCCN(CCOC)c1cc(C)nc2ncnn12. The van der Waals surface area contributed by atoms with Gasteiger partial charge in [-0.2, -0.15) is 14.6 Å². The Morgan fingerprint density at radius 1 is 1.21 bits per heavy atom. The van der Waals surface area contributed by atoms with Crippen LogP contribution in [0.2, 0.25) is 0 Å². The smallest absolute Gasteiger partial charge is 0.254 e. The molecule has 0 fully saturated rings. The Morgan fingerprint density at radius 3 is 2.53 bits per heavy atom. The molecule has 2 rings (SSSR count). The number of hydrogen-bond donors (Lipinski definition) is 0. The van der Waals surface area contributed by atoms with Crippen molar-refractivity contribution in [3.63, 3.8) is 0 Å². The summed E-state index contributed by atoms with van der Waals surface area (Å²) in [5.74, 6) is 1.56. The lowest BCUT2D eigenvalue weighted by Crippen LogP contribution is -2.32. The van der Waals surface area contributed by atoms with E-state index in [4.69, 9.17) is 9.47 Å². The topological polar surface area (TPSA) is 64.8 Å². The van der Waals surface area contributed by atoms with Gasteiger partial charge in [0.2, 0.25) is 0 Å². The van der Waals surface area contributed by atoms with Gasteiger partial charge < -0.3 is 14.4 Å². The van der Waals surface area contributed by atoms with Crippen molar-refractivity contribution in [2.24, 2.45) is 0 Å². The number of nitrogens with zero attached hydrogens (tertiary/aromatic N) is 5. The number of aryl methyl sites for hydroxylation is 1. The van der Waals surface area contributed by atoms with E-state index in [2.05, 4.69) is 20.0 Å². The van der Waals surface area contributed by atoms with Crippen LogP contribution in [-0.4, -0.2) is 60.1 Å². The summed E-state index contributed by atoms with van der Waals surface area (Å²) in [5.41, 5.74) is 0.912. The van der Waals surface area contributed by atoms with Crippen molar-refractivity contribution in [3.8, 4) is 0 Å². The minimum atomic E-state index is 0.606. The third-order valence-electron chi connectivity index (χ3n) is 2.82. The van der Waals surface area contributed by atoms with Crippen molar-refractivity contribution in [2.75, 3.05) is 45.4 Å². The normalized spacial score (nSPS) is 11.1. The zero-order valence-electron chi connectivity index (χ0n) is 11.5. The maximum atomic E-state index is 5.15. The van der Waals surface area contributed by atoms with Gasteiger partial charge in [0.05, 0.1) is 13.2 Å². The summed E-state index contributed by atoms with van der Waals surface area (Å²) in [6.45, 7) is 4.75. The van der Waals surface area contributed by atoms with E-state index in [1.165, 1.54) is 6.33 Å². The van der Waals surface area contributed by atoms with Crippen molar-refractivity contribution >= 4 is 11.6 Å². The minimum Gasteiger partial charge on any atom is -0.383 e. The van der Waals surface area contributed by atoms with Crippen LogP contribution in [0, 0.1) is 6.92 Å². The fourth-order valence-electron chi connectivity index (χ4n) is 1.88. The van der Waals surface area contributed by atoms with Crippen molar-refractivity contribution < 1.29 is 9.47 Å². The number of rotatable bonds is 7. The molecule has 0 spiro atoms. The molecule has 2 heterocycles. The fraction of sp³-hybridized carbons (Fsp3) is 0.583. The maximum Gasteiger partial charge on any atom is 0.254 e. The first kappa shape index (κ1) is 13.7. The minimum absolute atomic E-state index is 0.606. The molecule has 0 aliphatic rings. The van der Waals surface area contributed by atoms with E-state index in [-0.39, 0.29) is 0 Å². The Balaban J connectivity index is 2.33. The molecule has 0 saturated carbocycles. The summed E-state index contributed by atoms with van der Waals surface area (Å²) in [6, 6.07) is 1.99. The van der Waals surface area contributed by atoms with E-state index < -0.39 is 0 Å². The molecule has 0 aromatic carbocycles. The first-order chi connectivity index (χ1) is 9.26. The quantitative estimate of drug-likeness (QED) is 0.727. The third-order valence-corrected chi connectivity index (χ3v) is 2.82. The average Bonchev–Trinajstić information content (AvgIpc) is 2.86. The summed E-state index contributed by atoms with van der Waals surface area (Å²) in [6.07, 6.45) is 1.51. The molecule has 0 atom stereocenters. The van der Waals surface area contributed by atoms with Crippen LogP contribution < -0.4 is 4.90 Å². The number of methoxy groups -OCH3 is 2. The summed E-state index contributed by atoms with van der Waals surface area (Å²) >= 11 is 0. The Bertz CT molecular complexity index is 520. The summed E-state index contributed by atoms with van der Waals surface area (Å²) in [7, 11) is 3.38. The number of hydrogen-bond acceptors (Lipinski definition) is 6. The van der Waals surface area contributed by atoms with Crippen LogP contribution in [0.15, 0.2) is 12.4 Å². The molecule has 19 heavy (non-hydrogen) atoms. The Morgan fingerprint density at radius 2 is 1.89 bits per heavy atom. The van der Waals surface area contributed by atoms with Crippen LogP contribution in [0.25, 0.3) is 5.78 Å². The highest BCUT2D eigenvalue weighted by molar-refractivity contribution is 5.47. The molecular formula is C12H19N5O2. The van der Waals surface area contributed by atoms with Crippen LogP contribution in [0.4, 0.5) is 5.82 Å². The van der Waals surface area contributed by atoms with Gasteiger partial charge in [-0.3, -0.25) is 0 Å². The van der Waals surface area contributed by atoms with Crippen LogP contribution >= 0.6 is 0 Å². The lowest BCUT2D eigenvalue weighted by Gasteiger charge is -2.24. The van der Waals surface area contributed by atoms with Gasteiger partial charge in [0, 0.05) is 39.1 Å². The van der Waals surface area contributed by atoms with Gasteiger partial charge in [-0.1, -0.05) is 0 Å². The second-order valence-corrected chi connectivity index (χ2v) is 4.20. The highest BCUT2D eigenvalue weighted by atomic mass is 16.5. The molecule has 0 saturated heterocycles. The van der Waals surface area contributed by atoms with Gasteiger partial charge in [-0.15, -0.1) is 0 Å². The first-order valence-electron chi connectivity index (χ1n) is 6.16. The van der Waals surface area contributed by atoms with Crippen molar-refractivity contribution in [2.45, 2.75) is 6.92 Å². The van der Waals surface area contributed by atoms with Crippen LogP contribution in [0.5, 0.6) is 0 Å². The molecule has 7 nitrogen and oxygen atoms in total. The Kier molecular flexibility index (Phi) is 4.64. The predicted octanol–water partition coefficient (Wildman–Crippen LogP) is 0.532. The Hall–Kier alpha value is -1.73. The molecule has 7 heteroatoms. The molecule has 0 unspecified atom stereocenters. The summed E-state index contributed by atoms with van der Waals surface area (Å²) in [4.78, 5) is 10.6. The van der Waals surface area contributed by atoms with Crippen LogP contribution in [-0.2, 0) is 9.47 Å². The average molecular weight is 265 g/mol. The number of ether oxygens (including phenoxy) is 2. The zero-order chi connectivity index (χ0) is 13.7. The van der Waals surface area contributed by atoms with Crippen molar-refractivity contribution in [1.29, 1.82) is 0 Å². The lowest BCUT2D eigenvalue weighted by atomic mass is 10.3. The highest BCUT2D eigenvalue weighted by Gasteiger charge is 2.13. The van der Waals surface area contributed by atoms with E-state index in [1.54, 1.807) is 18.7 Å². The van der Waals surface area contributed by atoms with Gasteiger partial charge in [0.15, 0.2) is 0 Å². The van der Waals surface area contributed by atoms with E-state index in [0.29, 0.717) is 19.0 Å². The van der Waals surface area contributed by atoms with Crippen LogP contribution in [0.3, 0.4) is 0 Å². The van der Waals surface area contributed by atoms with Gasteiger partial charge in [0.1, 0.15) is 12.1 Å². The highest BCUT2D eigenvalue weighted by Crippen LogP contribution is 2.15. The number of aromatic nitrogens is 4. The molecule has 2 aromatic heterocycles. The third kappa shape index (κ3) is 3.18. The molecule has 2 aromatic rings. The summed E-state index contributed by atoms with van der Waals surface area (Å²) < 4.78 is 12.0. The Labute approximate surface area is 112 Å². The second kappa shape index (κ2) is 6.44. The molecule has 0 radical (unpaired) electrons. The van der Waals surface area contributed by atoms with Crippen molar-refractivity contribution in [1.82, 2.24) is 19.6 Å². The van der Waals surface area contributed by atoms with E-state index >= 15 is 0 Å². The molecule has 0 aliphatic heterocycles. The van der Waals surface area contributed by atoms with E-state index in [9.17, 15) is 0 Å². The van der Waals surface area contributed by atoms with Gasteiger partial charge in [-0.25, -0.2) is 4.98 Å². The van der Waals surface area contributed by atoms with Gasteiger partial charge >= 0.3 is 0 Å². The second-order valence-electron chi connectivity index (χ2n) is 4.20. The molecule has 0 bridgehead atoms. The van der Waals surface area contributed by atoms with Gasteiger partial charge in [-0.05, 0) is 6.92 Å². The molecule has 0 N–H and O–H groups in total. The van der Waals surface area contributed by atoms with E-state index in [1.807, 2.05) is 13.0 Å². The predicted molar refractivity (Wildman–Crippen MR) is 71.5 cm³/mol. The molecular weight excluding hydrogens is 246 g/mol. The van der Waals surface area contributed by atoms with Crippen molar-refractivity contribution in [3.05, 3.63) is 18.1 Å².